The van der Waals surface area contributed by atoms with E-state index >= 15 is 0 Å². The molecule has 1 N–H and O–H groups in total. The van der Waals surface area contributed by atoms with Crippen molar-refractivity contribution in [3.05, 3.63) is 45.2 Å². The van der Waals surface area contributed by atoms with Gasteiger partial charge in [0.2, 0.25) is 0 Å². The van der Waals surface area contributed by atoms with Crippen LogP contribution in [0.4, 0.5) is 0 Å². The maximum absolute atomic E-state index is 12.6. The number of fused-ring (bicyclic) bond motifs is 5. The van der Waals surface area contributed by atoms with Crippen LogP contribution in [-0.4, -0.2) is 28.9 Å². The minimum atomic E-state index is -1.18. The summed E-state index contributed by atoms with van der Waals surface area (Å²) in [5, 5.41) is 9.48. The van der Waals surface area contributed by atoms with Crippen LogP contribution in [0.5, 0.6) is 11.5 Å². The molecule has 0 spiro atoms. The van der Waals surface area contributed by atoms with E-state index in [1.807, 2.05) is 4.57 Å². The van der Waals surface area contributed by atoms with Crippen molar-refractivity contribution in [2.45, 2.75) is 58.4 Å². The molecule has 0 radical (unpaired) electrons. The van der Waals surface area contributed by atoms with E-state index in [-0.39, 0.29) is 17.5 Å². The number of carbonyl (C=O) groups is 1. The van der Waals surface area contributed by atoms with Crippen molar-refractivity contribution in [1.82, 2.24) is 4.57 Å². The highest BCUT2D eigenvalue weighted by Gasteiger charge is 2.34. The van der Waals surface area contributed by atoms with Crippen LogP contribution in [-0.2, 0) is 12.8 Å². The third-order valence-electron chi connectivity index (χ3n) is 7.10. The first-order valence-corrected chi connectivity index (χ1v) is 11.4. The van der Waals surface area contributed by atoms with Crippen molar-refractivity contribution in [1.29, 1.82) is 0 Å². The van der Waals surface area contributed by atoms with Gasteiger partial charge in [-0.25, -0.2) is 4.79 Å². The predicted molar refractivity (Wildman–Crippen MR) is 117 cm³/mol. The van der Waals surface area contributed by atoms with Crippen LogP contribution >= 0.6 is 0 Å². The largest absolute Gasteiger partial charge is 0.489 e. The fourth-order valence-corrected chi connectivity index (χ4v) is 5.44. The van der Waals surface area contributed by atoms with Gasteiger partial charge in [-0.15, -0.1) is 0 Å². The first-order valence-electron chi connectivity index (χ1n) is 11.4. The Bertz CT molecular complexity index is 1090. The number of benzene rings is 1. The van der Waals surface area contributed by atoms with E-state index in [1.165, 1.54) is 37.9 Å². The molecule has 164 valence electrons. The lowest BCUT2D eigenvalue weighted by Gasteiger charge is -2.34. The van der Waals surface area contributed by atoms with Crippen LogP contribution in [0.3, 0.4) is 0 Å². The Morgan fingerprint density at radius 3 is 2.77 bits per heavy atom. The molecule has 2 aromatic rings. The first kappa shape index (κ1) is 20.2. The molecule has 1 aromatic carbocycles. The first-order chi connectivity index (χ1) is 14.9. The molecule has 6 heteroatoms. The zero-order valence-corrected chi connectivity index (χ0v) is 18.1. The second-order valence-corrected chi connectivity index (χ2v) is 9.44. The smallest absolute Gasteiger partial charge is 0.341 e. The minimum Gasteiger partial charge on any atom is -0.489 e. The van der Waals surface area contributed by atoms with Crippen LogP contribution in [0.25, 0.3) is 11.3 Å². The Hall–Kier alpha value is -2.76. The molecule has 0 bridgehead atoms. The summed E-state index contributed by atoms with van der Waals surface area (Å²) in [6.07, 6.45) is 8.09. The Morgan fingerprint density at radius 1 is 1.29 bits per heavy atom. The van der Waals surface area contributed by atoms with Gasteiger partial charge < -0.3 is 19.1 Å². The molecule has 1 fully saturated rings. The molecule has 3 aliphatic rings. The maximum Gasteiger partial charge on any atom is 0.341 e. The molecule has 1 aromatic heterocycles. The number of aromatic carboxylic acids is 1. The summed E-state index contributed by atoms with van der Waals surface area (Å²) in [7, 11) is 0. The number of carboxylic acid groups (broad SMARTS) is 1. The summed E-state index contributed by atoms with van der Waals surface area (Å²) in [5.74, 6) is 1.33. The van der Waals surface area contributed by atoms with Gasteiger partial charge >= 0.3 is 5.97 Å². The summed E-state index contributed by atoms with van der Waals surface area (Å²) in [6, 6.07) is 3.67. The van der Waals surface area contributed by atoms with E-state index < -0.39 is 11.4 Å². The third kappa shape index (κ3) is 3.42. The lowest BCUT2D eigenvalue weighted by atomic mass is 9.84. The van der Waals surface area contributed by atoms with Crippen LogP contribution in [0, 0.1) is 11.8 Å². The average Bonchev–Trinajstić information content (AvgIpc) is 3.42. The van der Waals surface area contributed by atoms with E-state index in [0.717, 1.165) is 53.3 Å². The number of hydrogen-bond donors (Lipinski definition) is 1. The predicted octanol–water partition coefficient (Wildman–Crippen LogP) is 4.47. The van der Waals surface area contributed by atoms with Crippen molar-refractivity contribution in [3.8, 4) is 22.8 Å². The van der Waals surface area contributed by atoms with Crippen molar-refractivity contribution in [2.24, 2.45) is 11.8 Å². The van der Waals surface area contributed by atoms with Crippen molar-refractivity contribution >= 4 is 5.97 Å². The summed E-state index contributed by atoms with van der Waals surface area (Å²) < 4.78 is 14.3. The molecular weight excluding hydrogens is 394 g/mol. The fourth-order valence-electron chi connectivity index (χ4n) is 5.44. The molecular formula is C25H29NO5. The average molecular weight is 424 g/mol. The zero-order chi connectivity index (χ0) is 21.7. The van der Waals surface area contributed by atoms with E-state index in [1.54, 1.807) is 0 Å². The quantitative estimate of drug-likeness (QED) is 0.768. The molecule has 3 heterocycles. The second-order valence-electron chi connectivity index (χ2n) is 9.44. The lowest BCUT2D eigenvalue weighted by Crippen LogP contribution is -2.28. The molecule has 31 heavy (non-hydrogen) atoms. The highest BCUT2D eigenvalue weighted by Crippen LogP contribution is 2.48. The highest BCUT2D eigenvalue weighted by molar-refractivity contribution is 5.88. The fraction of sp³-hybridized carbons (Fsp3) is 0.520. The van der Waals surface area contributed by atoms with Crippen LogP contribution in [0.2, 0.25) is 0 Å². The SMILES string of the molecule is CC(C)[C@@H]1Cc2cc(OCC3CCCC3)c3c(c2-c2cc(=O)c(C(=O)O)cn21)CCO3. The number of rotatable bonds is 5. The highest BCUT2D eigenvalue weighted by atomic mass is 16.5. The lowest BCUT2D eigenvalue weighted by molar-refractivity contribution is 0.0694. The third-order valence-corrected chi connectivity index (χ3v) is 7.10. The maximum atomic E-state index is 12.6. The van der Waals surface area contributed by atoms with Crippen LogP contribution < -0.4 is 14.9 Å². The number of aromatic nitrogens is 1. The summed E-state index contributed by atoms with van der Waals surface area (Å²) in [5.41, 5.74) is 3.42. The summed E-state index contributed by atoms with van der Waals surface area (Å²) in [4.78, 5) is 24.2. The van der Waals surface area contributed by atoms with Crippen LogP contribution in [0.1, 0.15) is 67.1 Å². The standard InChI is InChI=1S/C25H29NO5/c1-14(2)19-9-16-10-22(31-13-15-5-3-4-6-15)24-17(7-8-30-24)23(16)20-11-21(27)18(25(28)29)12-26(19)20/h10-12,14-15,19H,3-9,13H2,1-2H3,(H,28,29)/t19-/m0/s1. The van der Waals surface area contributed by atoms with Gasteiger partial charge in [-0.1, -0.05) is 26.7 Å². The molecule has 6 nitrogen and oxygen atoms in total. The Kier molecular flexibility index (Phi) is 5.03. The summed E-state index contributed by atoms with van der Waals surface area (Å²) >= 11 is 0. The number of ether oxygens (including phenoxy) is 2. The molecule has 0 amide bonds. The van der Waals surface area contributed by atoms with Gasteiger partial charge in [0.1, 0.15) is 5.56 Å². The molecule has 1 atom stereocenters. The van der Waals surface area contributed by atoms with Gasteiger partial charge in [0.05, 0.1) is 18.9 Å². The van der Waals surface area contributed by atoms with Gasteiger partial charge in [-0.3, -0.25) is 4.79 Å². The second kappa shape index (κ2) is 7.74. The molecule has 0 saturated heterocycles. The van der Waals surface area contributed by atoms with Gasteiger partial charge in [0, 0.05) is 35.9 Å². The van der Waals surface area contributed by atoms with Gasteiger partial charge in [0.15, 0.2) is 16.9 Å². The topological polar surface area (TPSA) is 77.8 Å². The Balaban J connectivity index is 1.63. The van der Waals surface area contributed by atoms with Crippen molar-refractivity contribution < 1.29 is 19.4 Å². The van der Waals surface area contributed by atoms with Crippen molar-refractivity contribution in [3.63, 3.8) is 0 Å². The van der Waals surface area contributed by atoms with Gasteiger partial charge in [-0.05, 0) is 42.7 Å². The minimum absolute atomic E-state index is 0.0734. The molecule has 2 aliphatic heterocycles. The molecule has 0 unspecified atom stereocenters. The van der Waals surface area contributed by atoms with E-state index in [4.69, 9.17) is 9.47 Å². The molecule has 1 aliphatic carbocycles. The van der Waals surface area contributed by atoms with Crippen molar-refractivity contribution in [2.75, 3.05) is 13.2 Å². The Labute approximate surface area is 181 Å². The number of hydrogen-bond acceptors (Lipinski definition) is 4. The number of nitrogens with zero attached hydrogens (tertiary/aromatic N) is 1. The number of carboxylic acids is 1. The molecule has 5 rings (SSSR count). The Morgan fingerprint density at radius 2 is 2.06 bits per heavy atom. The number of pyridine rings is 1. The van der Waals surface area contributed by atoms with E-state index in [9.17, 15) is 14.7 Å². The summed E-state index contributed by atoms with van der Waals surface area (Å²) in [6.45, 7) is 5.58. The molecule has 1 saturated carbocycles. The van der Waals surface area contributed by atoms with E-state index in [2.05, 4.69) is 19.9 Å². The van der Waals surface area contributed by atoms with E-state index in [0.29, 0.717) is 12.5 Å². The van der Waals surface area contributed by atoms with Gasteiger partial charge in [0.25, 0.3) is 0 Å². The van der Waals surface area contributed by atoms with Gasteiger partial charge in [-0.2, -0.15) is 0 Å². The zero-order valence-electron chi connectivity index (χ0n) is 18.1. The monoisotopic (exact) mass is 423 g/mol. The normalized spacial score (nSPS) is 19.6. The van der Waals surface area contributed by atoms with Crippen LogP contribution in [0.15, 0.2) is 23.1 Å².